The van der Waals surface area contributed by atoms with Gasteiger partial charge in [-0.1, -0.05) is 24.3 Å². The Balaban J connectivity index is 1.58. The Morgan fingerprint density at radius 3 is 2.23 bits per heavy atom. The molecule has 1 aromatic heterocycles. The second-order valence-corrected chi connectivity index (χ2v) is 7.27. The monoisotopic (exact) mass is 419 g/mol. The normalized spacial score (nSPS) is 11.6. The SMILES string of the molecule is CC(=O)NCCc1ccc(C(=O)[C@@H](C)OC(=O)c2ccc(-n3nccc3C)cc2)cc1. The highest BCUT2D eigenvalue weighted by atomic mass is 16.5. The lowest BCUT2D eigenvalue weighted by Gasteiger charge is -2.13. The van der Waals surface area contributed by atoms with Crippen molar-refractivity contribution in [3.8, 4) is 5.69 Å². The molecule has 1 N–H and O–H groups in total. The Morgan fingerprint density at radius 1 is 1.00 bits per heavy atom. The van der Waals surface area contributed by atoms with E-state index in [-0.39, 0.29) is 11.7 Å². The molecule has 31 heavy (non-hydrogen) atoms. The van der Waals surface area contributed by atoms with Crippen LogP contribution in [0.5, 0.6) is 0 Å². The van der Waals surface area contributed by atoms with Crippen molar-refractivity contribution >= 4 is 17.7 Å². The van der Waals surface area contributed by atoms with Crippen molar-refractivity contribution in [3.05, 3.63) is 83.2 Å². The maximum absolute atomic E-state index is 12.6. The lowest BCUT2D eigenvalue weighted by Crippen LogP contribution is -2.24. The minimum Gasteiger partial charge on any atom is -0.451 e. The highest BCUT2D eigenvalue weighted by Gasteiger charge is 2.20. The number of hydrogen-bond acceptors (Lipinski definition) is 5. The van der Waals surface area contributed by atoms with Gasteiger partial charge in [0, 0.05) is 30.9 Å². The Bertz CT molecular complexity index is 1070. The van der Waals surface area contributed by atoms with Crippen molar-refractivity contribution in [2.45, 2.75) is 33.3 Å². The zero-order chi connectivity index (χ0) is 22.4. The van der Waals surface area contributed by atoms with E-state index in [1.807, 2.05) is 25.1 Å². The van der Waals surface area contributed by atoms with Crippen LogP contribution in [0.25, 0.3) is 5.69 Å². The molecular weight excluding hydrogens is 394 g/mol. The van der Waals surface area contributed by atoms with E-state index in [2.05, 4.69) is 10.4 Å². The highest BCUT2D eigenvalue weighted by Crippen LogP contribution is 2.14. The number of ketones is 1. The van der Waals surface area contributed by atoms with Crippen molar-refractivity contribution < 1.29 is 19.1 Å². The van der Waals surface area contributed by atoms with E-state index in [0.29, 0.717) is 24.1 Å². The van der Waals surface area contributed by atoms with Crippen molar-refractivity contribution in [1.82, 2.24) is 15.1 Å². The third-order valence-corrected chi connectivity index (χ3v) is 4.86. The number of carbonyl (C=O) groups is 3. The summed E-state index contributed by atoms with van der Waals surface area (Å²) in [6.45, 7) is 5.51. The number of esters is 1. The Hall–Kier alpha value is -3.74. The van der Waals surface area contributed by atoms with Crippen LogP contribution in [-0.2, 0) is 16.0 Å². The number of benzene rings is 2. The topological polar surface area (TPSA) is 90.3 Å². The third-order valence-electron chi connectivity index (χ3n) is 4.86. The Kier molecular flexibility index (Phi) is 6.97. The molecule has 7 nitrogen and oxygen atoms in total. The number of nitrogens with zero attached hydrogens (tertiary/aromatic N) is 2. The largest absolute Gasteiger partial charge is 0.451 e. The lowest BCUT2D eigenvalue weighted by atomic mass is 10.0. The standard InChI is InChI=1S/C24H25N3O4/c1-16-12-15-26-27(16)22-10-8-21(9-11-22)24(30)31-17(2)23(29)20-6-4-19(5-7-20)13-14-25-18(3)28/h4-12,15,17H,13-14H2,1-3H3,(H,25,28)/t17-/m1/s1. The molecule has 3 aromatic rings. The van der Waals surface area contributed by atoms with E-state index in [4.69, 9.17) is 4.74 Å². The minimum absolute atomic E-state index is 0.0754. The molecular formula is C24H25N3O4. The van der Waals surface area contributed by atoms with Gasteiger partial charge in [0.15, 0.2) is 6.10 Å². The van der Waals surface area contributed by atoms with E-state index in [1.165, 1.54) is 6.92 Å². The summed E-state index contributed by atoms with van der Waals surface area (Å²) in [5.74, 6) is -0.907. The summed E-state index contributed by atoms with van der Waals surface area (Å²) in [6, 6.07) is 15.8. The molecule has 0 aliphatic carbocycles. The number of ether oxygens (including phenoxy) is 1. The molecule has 0 aliphatic rings. The number of carbonyl (C=O) groups excluding carboxylic acids is 3. The average molecular weight is 419 g/mol. The zero-order valence-electron chi connectivity index (χ0n) is 17.8. The summed E-state index contributed by atoms with van der Waals surface area (Å²) < 4.78 is 7.14. The molecule has 0 aliphatic heterocycles. The second kappa shape index (κ2) is 9.84. The molecule has 1 amide bonds. The van der Waals surface area contributed by atoms with Gasteiger partial charge in [-0.3, -0.25) is 9.59 Å². The molecule has 0 unspecified atom stereocenters. The maximum atomic E-state index is 12.6. The van der Waals surface area contributed by atoms with Gasteiger partial charge in [0.05, 0.1) is 11.3 Å². The van der Waals surface area contributed by atoms with Crippen LogP contribution in [0.3, 0.4) is 0 Å². The molecule has 2 aromatic carbocycles. The van der Waals surface area contributed by atoms with Crippen LogP contribution in [0.15, 0.2) is 60.8 Å². The van der Waals surface area contributed by atoms with Gasteiger partial charge in [0.25, 0.3) is 0 Å². The van der Waals surface area contributed by atoms with Gasteiger partial charge in [-0.2, -0.15) is 5.10 Å². The van der Waals surface area contributed by atoms with Gasteiger partial charge in [0.2, 0.25) is 11.7 Å². The zero-order valence-corrected chi connectivity index (χ0v) is 17.8. The molecule has 0 saturated heterocycles. The minimum atomic E-state index is -0.911. The van der Waals surface area contributed by atoms with Crippen molar-refractivity contribution in [1.29, 1.82) is 0 Å². The number of hydrogen-bond donors (Lipinski definition) is 1. The van der Waals surface area contributed by atoms with E-state index in [9.17, 15) is 14.4 Å². The molecule has 160 valence electrons. The van der Waals surface area contributed by atoms with Gasteiger partial charge in [0.1, 0.15) is 0 Å². The van der Waals surface area contributed by atoms with Gasteiger partial charge in [-0.05, 0) is 56.2 Å². The second-order valence-electron chi connectivity index (χ2n) is 7.27. The first-order valence-corrected chi connectivity index (χ1v) is 10.0. The summed E-state index contributed by atoms with van der Waals surface area (Å²) in [7, 11) is 0. The fraction of sp³-hybridized carbons (Fsp3) is 0.250. The van der Waals surface area contributed by atoms with E-state index >= 15 is 0 Å². The van der Waals surface area contributed by atoms with E-state index < -0.39 is 12.1 Å². The molecule has 1 atom stereocenters. The summed E-state index contributed by atoms with van der Waals surface area (Å²) in [5, 5.41) is 6.97. The summed E-state index contributed by atoms with van der Waals surface area (Å²) >= 11 is 0. The summed E-state index contributed by atoms with van der Waals surface area (Å²) in [5.41, 5.74) is 3.65. The Labute approximate surface area is 181 Å². The van der Waals surface area contributed by atoms with Crippen molar-refractivity contribution in [3.63, 3.8) is 0 Å². The summed E-state index contributed by atoms with van der Waals surface area (Å²) in [6.07, 6.45) is 1.47. The van der Waals surface area contributed by atoms with Crippen molar-refractivity contribution in [2.24, 2.45) is 0 Å². The quantitative estimate of drug-likeness (QED) is 0.447. The van der Waals surface area contributed by atoms with Crippen LogP contribution in [-0.4, -0.2) is 40.1 Å². The first-order chi connectivity index (χ1) is 14.8. The number of aromatic nitrogens is 2. The molecule has 0 saturated carbocycles. The molecule has 3 rings (SSSR count). The van der Waals surface area contributed by atoms with Crippen LogP contribution in [0.1, 0.15) is 45.8 Å². The van der Waals surface area contributed by atoms with E-state index in [0.717, 1.165) is 16.9 Å². The average Bonchev–Trinajstić information content (AvgIpc) is 3.19. The predicted molar refractivity (Wildman–Crippen MR) is 116 cm³/mol. The number of amides is 1. The van der Waals surface area contributed by atoms with Crippen LogP contribution in [0, 0.1) is 6.92 Å². The number of nitrogens with one attached hydrogen (secondary N) is 1. The first-order valence-electron chi connectivity index (χ1n) is 10.0. The maximum Gasteiger partial charge on any atom is 0.338 e. The smallest absolute Gasteiger partial charge is 0.338 e. The van der Waals surface area contributed by atoms with Gasteiger partial charge >= 0.3 is 5.97 Å². The molecule has 1 heterocycles. The van der Waals surface area contributed by atoms with Crippen LogP contribution >= 0.6 is 0 Å². The van der Waals surface area contributed by atoms with Crippen molar-refractivity contribution in [2.75, 3.05) is 6.54 Å². The number of rotatable bonds is 8. The molecule has 7 heteroatoms. The van der Waals surface area contributed by atoms with Gasteiger partial charge < -0.3 is 10.1 Å². The number of aryl methyl sites for hydroxylation is 1. The lowest BCUT2D eigenvalue weighted by molar-refractivity contribution is -0.118. The fourth-order valence-electron chi connectivity index (χ4n) is 3.11. The molecule has 0 spiro atoms. The number of Topliss-reactive ketones (excluding diaryl/α,β-unsaturated/α-hetero) is 1. The fourth-order valence-corrected chi connectivity index (χ4v) is 3.11. The Morgan fingerprint density at radius 2 is 1.65 bits per heavy atom. The van der Waals surface area contributed by atoms with Crippen LogP contribution in [0.4, 0.5) is 0 Å². The van der Waals surface area contributed by atoms with Gasteiger partial charge in [-0.25, -0.2) is 9.48 Å². The molecule has 0 bridgehead atoms. The third kappa shape index (κ3) is 5.66. The predicted octanol–water partition coefficient (Wildman–Crippen LogP) is 3.29. The van der Waals surface area contributed by atoms with Crippen LogP contribution in [0.2, 0.25) is 0 Å². The highest BCUT2D eigenvalue weighted by molar-refractivity contribution is 6.01. The summed E-state index contributed by atoms with van der Waals surface area (Å²) in [4.78, 5) is 36.0. The van der Waals surface area contributed by atoms with E-state index in [1.54, 1.807) is 54.2 Å². The van der Waals surface area contributed by atoms with Gasteiger partial charge in [-0.15, -0.1) is 0 Å². The molecule has 0 fully saturated rings. The molecule has 0 radical (unpaired) electrons. The first kappa shape index (κ1) is 22.0. The van der Waals surface area contributed by atoms with Crippen LogP contribution < -0.4 is 5.32 Å².